The van der Waals surface area contributed by atoms with Crippen LogP contribution in [0, 0.1) is 5.82 Å². The zero-order valence-corrected chi connectivity index (χ0v) is 24.3. The molecular formula is C29H36FN7O2S. The van der Waals surface area contributed by atoms with Gasteiger partial charge in [0.25, 0.3) is 0 Å². The van der Waals surface area contributed by atoms with Crippen LogP contribution in [0.1, 0.15) is 33.6 Å². The summed E-state index contributed by atoms with van der Waals surface area (Å²) in [5.74, 6) is 0.0447. The minimum absolute atomic E-state index is 0.285. The van der Waals surface area contributed by atoms with Crippen molar-refractivity contribution in [3.05, 3.63) is 66.7 Å². The van der Waals surface area contributed by atoms with E-state index in [1.54, 1.807) is 51.2 Å². The summed E-state index contributed by atoms with van der Waals surface area (Å²) in [6.45, 7) is 6.59. The van der Waals surface area contributed by atoms with E-state index >= 15 is 4.39 Å². The highest BCUT2D eigenvalue weighted by atomic mass is 32.2. The molecule has 40 heavy (non-hydrogen) atoms. The molecule has 5 rings (SSSR count). The summed E-state index contributed by atoms with van der Waals surface area (Å²) in [5.41, 5.74) is 3.00. The van der Waals surface area contributed by atoms with Crippen molar-refractivity contribution in [2.45, 2.75) is 44.4 Å². The molecule has 212 valence electrons. The molecular weight excluding hydrogens is 529 g/mol. The maximum absolute atomic E-state index is 15.1. The predicted octanol–water partition coefficient (Wildman–Crippen LogP) is 5.37. The van der Waals surface area contributed by atoms with Crippen LogP contribution in [0.25, 0.3) is 16.7 Å². The third kappa shape index (κ3) is 5.75. The van der Waals surface area contributed by atoms with Crippen LogP contribution in [0.15, 0.2) is 60.9 Å². The fourth-order valence-corrected chi connectivity index (χ4v) is 5.55. The van der Waals surface area contributed by atoms with E-state index in [1.807, 2.05) is 29.0 Å². The summed E-state index contributed by atoms with van der Waals surface area (Å²) in [7, 11) is 0.609. The van der Waals surface area contributed by atoms with Gasteiger partial charge in [-0.1, -0.05) is 6.07 Å². The van der Waals surface area contributed by atoms with Crippen LogP contribution in [-0.4, -0.2) is 65.8 Å². The number of nitrogens with one attached hydrogen (secondary N) is 2. The molecule has 1 aliphatic rings. The Morgan fingerprint density at radius 1 is 1.02 bits per heavy atom. The van der Waals surface area contributed by atoms with Gasteiger partial charge in [0.05, 0.1) is 16.1 Å². The molecule has 0 bridgehead atoms. The summed E-state index contributed by atoms with van der Waals surface area (Å²) in [6, 6.07) is 14.7. The van der Waals surface area contributed by atoms with E-state index in [0.717, 1.165) is 37.0 Å². The van der Waals surface area contributed by atoms with Gasteiger partial charge in [-0.2, -0.15) is 4.98 Å². The van der Waals surface area contributed by atoms with E-state index in [1.165, 1.54) is 6.07 Å². The molecule has 1 fully saturated rings. The Hall–Kier alpha value is -3.70. The molecule has 1 saturated heterocycles. The molecule has 0 amide bonds. The lowest BCUT2D eigenvalue weighted by Gasteiger charge is -2.36. The highest BCUT2D eigenvalue weighted by Gasteiger charge is 2.29. The standard InChI is InChI=1S/C29H36FN7O2S/c1-29(2,3)40(38,39)34-22-7-6-8-24(17-22)37-16-11-20-19-31-28(33-27(20)37)32-21-9-10-26(25(30)18-21)36-14-12-23(13-15-36)35(4)5/h6-11,16-19,23,34H,12-15H2,1-5H3,(H,31,32,33). The first kappa shape index (κ1) is 27.9. The number of aromatic nitrogens is 3. The second kappa shape index (κ2) is 10.7. The molecule has 2 N–H and O–H groups in total. The Morgan fingerprint density at radius 2 is 1.77 bits per heavy atom. The first-order valence-electron chi connectivity index (χ1n) is 13.4. The summed E-state index contributed by atoms with van der Waals surface area (Å²) in [4.78, 5) is 13.4. The monoisotopic (exact) mass is 565 g/mol. The zero-order valence-electron chi connectivity index (χ0n) is 23.5. The number of hydrogen-bond donors (Lipinski definition) is 2. The van der Waals surface area contributed by atoms with E-state index in [4.69, 9.17) is 0 Å². The largest absolute Gasteiger partial charge is 0.369 e. The van der Waals surface area contributed by atoms with Gasteiger partial charge in [0.1, 0.15) is 11.5 Å². The Balaban J connectivity index is 1.35. The number of rotatable bonds is 7. The van der Waals surface area contributed by atoms with Gasteiger partial charge in [-0.05, 0) is 90.2 Å². The summed E-state index contributed by atoms with van der Waals surface area (Å²) in [6.07, 6.45) is 5.57. The summed E-state index contributed by atoms with van der Waals surface area (Å²) < 4.78 is 44.0. The number of fused-ring (bicyclic) bond motifs is 1. The minimum Gasteiger partial charge on any atom is -0.369 e. The van der Waals surface area contributed by atoms with Gasteiger partial charge in [0.2, 0.25) is 16.0 Å². The second-order valence-corrected chi connectivity index (χ2v) is 13.8. The van der Waals surface area contributed by atoms with Crippen LogP contribution >= 0.6 is 0 Å². The molecule has 0 radical (unpaired) electrons. The molecule has 2 aromatic heterocycles. The van der Waals surface area contributed by atoms with Crippen molar-refractivity contribution in [1.29, 1.82) is 0 Å². The van der Waals surface area contributed by atoms with E-state index in [2.05, 4.69) is 43.9 Å². The van der Waals surface area contributed by atoms with Crippen LogP contribution in [0.4, 0.5) is 27.4 Å². The normalized spacial score (nSPS) is 15.1. The third-order valence-electron chi connectivity index (χ3n) is 7.35. The molecule has 4 aromatic rings. The molecule has 1 aliphatic heterocycles. The van der Waals surface area contributed by atoms with E-state index in [0.29, 0.717) is 34.7 Å². The Morgan fingerprint density at radius 3 is 2.45 bits per heavy atom. The van der Waals surface area contributed by atoms with Crippen molar-refractivity contribution in [2.75, 3.05) is 42.1 Å². The lowest BCUT2D eigenvalue weighted by Crippen LogP contribution is -2.42. The van der Waals surface area contributed by atoms with E-state index in [9.17, 15) is 8.42 Å². The van der Waals surface area contributed by atoms with Crippen LogP contribution < -0.4 is 14.9 Å². The molecule has 9 nitrogen and oxygen atoms in total. The van der Waals surface area contributed by atoms with Crippen molar-refractivity contribution >= 4 is 44.1 Å². The van der Waals surface area contributed by atoms with Gasteiger partial charge in [0, 0.05) is 48.3 Å². The van der Waals surface area contributed by atoms with Crippen molar-refractivity contribution in [3.63, 3.8) is 0 Å². The Kier molecular flexibility index (Phi) is 7.45. The number of benzene rings is 2. The fraction of sp³-hybridized carbons (Fsp3) is 0.379. The fourth-order valence-electron chi connectivity index (χ4n) is 4.81. The Labute approximate surface area is 235 Å². The number of anilines is 4. The molecule has 0 saturated carbocycles. The minimum atomic E-state index is -3.57. The van der Waals surface area contributed by atoms with Gasteiger partial charge < -0.3 is 19.7 Å². The molecule has 0 unspecified atom stereocenters. The van der Waals surface area contributed by atoms with E-state index < -0.39 is 14.8 Å². The molecule has 0 spiro atoms. The zero-order chi connectivity index (χ0) is 28.7. The van der Waals surface area contributed by atoms with Gasteiger partial charge in [-0.15, -0.1) is 0 Å². The highest BCUT2D eigenvalue weighted by molar-refractivity contribution is 7.94. The van der Waals surface area contributed by atoms with Crippen LogP contribution in [0.5, 0.6) is 0 Å². The number of piperidine rings is 1. The number of nitrogens with zero attached hydrogens (tertiary/aromatic N) is 5. The first-order valence-corrected chi connectivity index (χ1v) is 14.8. The molecule has 0 aliphatic carbocycles. The summed E-state index contributed by atoms with van der Waals surface area (Å²) >= 11 is 0. The SMILES string of the molecule is CN(C)C1CCN(c2ccc(Nc3ncc4ccn(-c5cccc(NS(=O)(=O)C(C)(C)C)c5)c4n3)cc2F)CC1. The number of sulfonamides is 1. The molecule has 3 heterocycles. The predicted molar refractivity (Wildman–Crippen MR) is 160 cm³/mol. The van der Waals surface area contributed by atoms with Crippen LogP contribution in [-0.2, 0) is 10.0 Å². The topological polar surface area (TPSA) is 95.4 Å². The van der Waals surface area contributed by atoms with Crippen molar-refractivity contribution < 1.29 is 12.8 Å². The average Bonchev–Trinajstić information content (AvgIpc) is 3.31. The smallest absolute Gasteiger partial charge is 0.237 e. The third-order valence-corrected chi connectivity index (χ3v) is 9.47. The van der Waals surface area contributed by atoms with Crippen LogP contribution in [0.2, 0.25) is 0 Å². The average molecular weight is 566 g/mol. The second-order valence-electron chi connectivity index (χ2n) is 11.4. The maximum atomic E-state index is 15.1. The van der Waals surface area contributed by atoms with E-state index in [-0.39, 0.29) is 5.82 Å². The molecule has 11 heteroatoms. The van der Waals surface area contributed by atoms with Crippen molar-refractivity contribution in [3.8, 4) is 5.69 Å². The quantitative estimate of drug-likeness (QED) is 0.311. The maximum Gasteiger partial charge on any atom is 0.237 e. The van der Waals surface area contributed by atoms with Crippen molar-refractivity contribution in [2.24, 2.45) is 0 Å². The number of halogens is 1. The molecule has 0 atom stereocenters. The highest BCUT2D eigenvalue weighted by Crippen LogP contribution is 2.29. The van der Waals surface area contributed by atoms with Gasteiger partial charge in [-0.25, -0.2) is 17.8 Å². The summed E-state index contributed by atoms with van der Waals surface area (Å²) in [5, 5.41) is 3.94. The first-order chi connectivity index (χ1) is 18.9. The van der Waals surface area contributed by atoms with Crippen LogP contribution in [0.3, 0.4) is 0 Å². The number of hydrogen-bond acceptors (Lipinski definition) is 7. The van der Waals surface area contributed by atoms with Crippen molar-refractivity contribution in [1.82, 2.24) is 19.4 Å². The lowest BCUT2D eigenvalue weighted by atomic mass is 10.0. The Bertz CT molecular complexity index is 1620. The lowest BCUT2D eigenvalue weighted by molar-refractivity contribution is 0.249. The molecule has 2 aromatic carbocycles. The van der Waals surface area contributed by atoms with Gasteiger partial charge in [0.15, 0.2) is 0 Å². The van der Waals surface area contributed by atoms with Gasteiger partial charge >= 0.3 is 0 Å². The van der Waals surface area contributed by atoms with Gasteiger partial charge in [-0.3, -0.25) is 4.72 Å².